The van der Waals surface area contributed by atoms with E-state index in [4.69, 9.17) is 4.74 Å². The zero-order chi connectivity index (χ0) is 12.5. The summed E-state index contributed by atoms with van der Waals surface area (Å²) in [6.07, 6.45) is -0.0973. The Labute approximate surface area is 102 Å². The fourth-order valence-electron chi connectivity index (χ4n) is 1.91. The van der Waals surface area contributed by atoms with Gasteiger partial charge in [0.2, 0.25) is 0 Å². The van der Waals surface area contributed by atoms with Gasteiger partial charge in [0.25, 0.3) is 0 Å². The van der Waals surface area contributed by atoms with Crippen LogP contribution in [0.3, 0.4) is 0 Å². The molecule has 0 amide bonds. The number of ether oxygens (including phenoxy) is 1. The second-order valence-corrected chi connectivity index (χ2v) is 5.20. The average Bonchev–Trinajstić information content (AvgIpc) is 2.68. The van der Waals surface area contributed by atoms with Gasteiger partial charge in [-0.25, -0.2) is 4.68 Å². The van der Waals surface area contributed by atoms with E-state index in [-0.39, 0.29) is 11.6 Å². The van der Waals surface area contributed by atoms with Crippen LogP contribution in [0, 0.1) is 5.41 Å². The Hall–Kier alpha value is -1.42. The van der Waals surface area contributed by atoms with Crippen molar-refractivity contribution in [1.82, 2.24) is 15.0 Å². The molecule has 0 saturated carbocycles. The number of rotatable bonds is 3. The molecule has 0 aliphatic rings. The van der Waals surface area contributed by atoms with E-state index < -0.39 is 0 Å². The smallest absolute Gasteiger partial charge is 0.157 e. The van der Waals surface area contributed by atoms with E-state index in [9.17, 15) is 0 Å². The highest BCUT2D eigenvalue weighted by Gasteiger charge is 2.29. The van der Waals surface area contributed by atoms with E-state index >= 15 is 0 Å². The molecule has 1 heterocycles. The van der Waals surface area contributed by atoms with Gasteiger partial charge in [-0.1, -0.05) is 38.1 Å². The molecule has 0 spiro atoms. The van der Waals surface area contributed by atoms with Crippen molar-refractivity contribution in [1.29, 1.82) is 0 Å². The van der Waals surface area contributed by atoms with Crippen LogP contribution in [0.25, 0.3) is 11.0 Å². The minimum atomic E-state index is -0.0973. The first kappa shape index (κ1) is 12.0. The maximum atomic E-state index is 5.82. The van der Waals surface area contributed by atoms with Crippen LogP contribution in [0.1, 0.15) is 33.9 Å². The van der Waals surface area contributed by atoms with Gasteiger partial charge in [0.1, 0.15) is 5.52 Å². The normalized spacial score (nSPS) is 14.1. The quantitative estimate of drug-likeness (QED) is 0.818. The molecule has 1 atom stereocenters. The van der Waals surface area contributed by atoms with E-state index in [1.807, 2.05) is 35.9 Å². The highest BCUT2D eigenvalue weighted by atomic mass is 16.5. The number of aromatic nitrogens is 3. The first-order valence-corrected chi connectivity index (χ1v) is 5.95. The van der Waals surface area contributed by atoms with Gasteiger partial charge in [-0.3, -0.25) is 0 Å². The van der Waals surface area contributed by atoms with E-state index in [0.717, 1.165) is 11.0 Å². The minimum Gasteiger partial charge on any atom is -0.356 e. The summed E-state index contributed by atoms with van der Waals surface area (Å²) in [5.41, 5.74) is 1.90. The maximum Gasteiger partial charge on any atom is 0.157 e. The molecule has 1 aromatic carbocycles. The molecule has 4 nitrogen and oxygen atoms in total. The number of fused-ring (bicyclic) bond motifs is 1. The van der Waals surface area contributed by atoms with Crippen LogP contribution in [0.5, 0.6) is 0 Å². The summed E-state index contributed by atoms with van der Waals surface area (Å²) in [5.74, 6) is 0. The molecule has 0 aliphatic carbocycles. The fourth-order valence-corrected chi connectivity index (χ4v) is 1.91. The predicted octanol–water partition coefficient (Wildman–Crippen LogP) is 3.01. The lowest BCUT2D eigenvalue weighted by atomic mass is 9.94. The van der Waals surface area contributed by atoms with Gasteiger partial charge in [-0.15, -0.1) is 5.10 Å². The number of nitrogens with zero attached hydrogens (tertiary/aromatic N) is 3. The summed E-state index contributed by atoms with van der Waals surface area (Å²) in [6.45, 7) is 9.09. The van der Waals surface area contributed by atoms with Gasteiger partial charge >= 0.3 is 0 Å². The summed E-state index contributed by atoms with van der Waals surface area (Å²) in [6, 6.07) is 7.94. The lowest BCUT2D eigenvalue weighted by Gasteiger charge is -2.30. The Bertz CT molecular complexity index is 499. The van der Waals surface area contributed by atoms with Crippen molar-refractivity contribution >= 4 is 11.0 Å². The van der Waals surface area contributed by atoms with Crippen LogP contribution < -0.4 is 0 Å². The Morgan fingerprint density at radius 3 is 2.65 bits per heavy atom. The van der Waals surface area contributed by atoms with Crippen molar-refractivity contribution in [3.63, 3.8) is 0 Å². The predicted molar refractivity (Wildman–Crippen MR) is 67.6 cm³/mol. The van der Waals surface area contributed by atoms with Crippen LogP contribution in [0.2, 0.25) is 0 Å². The first-order chi connectivity index (χ1) is 8.04. The number of hydrogen-bond acceptors (Lipinski definition) is 3. The summed E-state index contributed by atoms with van der Waals surface area (Å²) in [4.78, 5) is 0. The molecule has 1 unspecified atom stereocenters. The van der Waals surface area contributed by atoms with E-state index in [2.05, 4.69) is 31.1 Å². The standard InChI is InChI=1S/C13H19N3O/c1-5-17-12(13(2,3)4)16-11-9-7-6-8-10(11)14-15-16/h6-9,12H,5H2,1-4H3. The Morgan fingerprint density at radius 2 is 2.00 bits per heavy atom. The highest BCUT2D eigenvalue weighted by molar-refractivity contribution is 5.73. The van der Waals surface area contributed by atoms with Crippen molar-refractivity contribution in [2.75, 3.05) is 6.61 Å². The molecule has 0 bridgehead atoms. The minimum absolute atomic E-state index is 0.0213. The molecule has 2 rings (SSSR count). The van der Waals surface area contributed by atoms with Gasteiger partial charge in [0, 0.05) is 12.0 Å². The zero-order valence-electron chi connectivity index (χ0n) is 10.8. The first-order valence-electron chi connectivity index (χ1n) is 5.95. The van der Waals surface area contributed by atoms with Crippen LogP contribution in [-0.4, -0.2) is 21.6 Å². The van der Waals surface area contributed by atoms with E-state index in [1.165, 1.54) is 0 Å². The average molecular weight is 233 g/mol. The second kappa shape index (κ2) is 4.45. The Kier molecular flexibility index (Phi) is 3.15. The molecule has 0 saturated heterocycles. The van der Waals surface area contributed by atoms with E-state index in [0.29, 0.717) is 6.61 Å². The molecule has 0 fully saturated rings. The zero-order valence-corrected chi connectivity index (χ0v) is 10.8. The molecule has 0 radical (unpaired) electrons. The molecular weight excluding hydrogens is 214 g/mol. The third kappa shape index (κ3) is 2.31. The Morgan fingerprint density at radius 1 is 1.29 bits per heavy atom. The summed E-state index contributed by atoms with van der Waals surface area (Å²) in [5, 5.41) is 8.39. The van der Waals surface area contributed by atoms with Gasteiger partial charge in [-0.2, -0.15) is 0 Å². The van der Waals surface area contributed by atoms with Crippen molar-refractivity contribution in [2.45, 2.75) is 33.9 Å². The van der Waals surface area contributed by atoms with Crippen molar-refractivity contribution in [3.05, 3.63) is 24.3 Å². The van der Waals surface area contributed by atoms with E-state index in [1.54, 1.807) is 0 Å². The molecule has 2 aromatic rings. The van der Waals surface area contributed by atoms with Crippen LogP contribution in [0.15, 0.2) is 24.3 Å². The number of hydrogen-bond donors (Lipinski definition) is 0. The third-order valence-electron chi connectivity index (χ3n) is 2.66. The highest BCUT2D eigenvalue weighted by Crippen LogP contribution is 2.32. The van der Waals surface area contributed by atoms with Gasteiger partial charge in [0.15, 0.2) is 6.23 Å². The lowest BCUT2D eigenvalue weighted by molar-refractivity contribution is -0.0696. The number of benzene rings is 1. The second-order valence-electron chi connectivity index (χ2n) is 5.20. The van der Waals surface area contributed by atoms with Crippen molar-refractivity contribution in [2.24, 2.45) is 5.41 Å². The largest absolute Gasteiger partial charge is 0.356 e. The fraction of sp³-hybridized carbons (Fsp3) is 0.538. The van der Waals surface area contributed by atoms with Crippen molar-refractivity contribution < 1.29 is 4.74 Å². The molecule has 0 aliphatic heterocycles. The van der Waals surface area contributed by atoms with Gasteiger partial charge in [0.05, 0.1) is 5.52 Å². The lowest BCUT2D eigenvalue weighted by Crippen LogP contribution is -2.28. The molecule has 1 aromatic heterocycles. The van der Waals surface area contributed by atoms with Gasteiger partial charge in [-0.05, 0) is 19.1 Å². The number of para-hydroxylation sites is 1. The molecule has 4 heteroatoms. The van der Waals surface area contributed by atoms with Crippen molar-refractivity contribution in [3.8, 4) is 0 Å². The topological polar surface area (TPSA) is 39.9 Å². The van der Waals surface area contributed by atoms with Gasteiger partial charge < -0.3 is 4.74 Å². The maximum absolute atomic E-state index is 5.82. The molecular formula is C13H19N3O. The third-order valence-corrected chi connectivity index (χ3v) is 2.66. The molecule has 17 heavy (non-hydrogen) atoms. The van der Waals surface area contributed by atoms with Crippen LogP contribution in [0.4, 0.5) is 0 Å². The van der Waals surface area contributed by atoms with Crippen LogP contribution >= 0.6 is 0 Å². The molecule has 92 valence electrons. The summed E-state index contributed by atoms with van der Waals surface area (Å²) in [7, 11) is 0. The SMILES string of the molecule is CCOC(n1nnc2ccccc21)C(C)(C)C. The monoisotopic (exact) mass is 233 g/mol. The Balaban J connectivity index is 2.49. The summed E-state index contributed by atoms with van der Waals surface area (Å²) < 4.78 is 7.69. The van der Waals surface area contributed by atoms with Crippen LogP contribution in [-0.2, 0) is 4.74 Å². The summed E-state index contributed by atoms with van der Waals surface area (Å²) >= 11 is 0. The molecule has 0 N–H and O–H groups in total.